The van der Waals surface area contributed by atoms with Crippen LogP contribution in [0.4, 0.5) is 15.4 Å². The smallest absolute Gasteiger partial charge is 0.450 e. The van der Waals surface area contributed by atoms with Crippen LogP contribution in [0.3, 0.4) is 0 Å². The molecule has 3 unspecified atom stereocenters. The fraction of sp³-hybridized carbons (Fsp3) is 0.739. The van der Waals surface area contributed by atoms with E-state index in [4.69, 9.17) is 14.6 Å². The molecule has 33 heavy (non-hydrogen) atoms. The average Bonchev–Trinajstić information content (AvgIpc) is 3.17. The van der Waals surface area contributed by atoms with Gasteiger partial charge >= 0.3 is 12.2 Å². The summed E-state index contributed by atoms with van der Waals surface area (Å²) in [6, 6.07) is 2.32. The Labute approximate surface area is 193 Å². The van der Waals surface area contributed by atoms with Crippen LogP contribution in [0, 0.1) is 5.92 Å². The van der Waals surface area contributed by atoms with Gasteiger partial charge in [0.2, 0.25) is 0 Å². The predicted molar refractivity (Wildman–Crippen MR) is 119 cm³/mol. The van der Waals surface area contributed by atoms with E-state index in [0.717, 1.165) is 83.5 Å². The molecule has 1 aromatic rings. The highest BCUT2D eigenvalue weighted by atomic mass is 16.7. The van der Waals surface area contributed by atoms with E-state index in [2.05, 4.69) is 24.7 Å². The summed E-state index contributed by atoms with van der Waals surface area (Å²) in [5, 5.41) is 8.83. The lowest BCUT2D eigenvalue weighted by molar-refractivity contribution is 0.00333. The largest absolute Gasteiger partial charge is 0.506 e. The molecular formula is C23H33N5O5. The summed E-state index contributed by atoms with van der Waals surface area (Å²) in [7, 11) is 0. The second-order valence-electron chi connectivity index (χ2n) is 9.68. The number of likely N-dealkylation sites (tertiary alicyclic amines) is 1. The highest BCUT2D eigenvalue weighted by Crippen LogP contribution is 2.39. The molecule has 0 spiro atoms. The van der Waals surface area contributed by atoms with E-state index in [9.17, 15) is 9.59 Å². The normalized spacial score (nSPS) is 29.6. The Morgan fingerprint density at radius 1 is 1.12 bits per heavy atom. The first kappa shape index (κ1) is 22.2. The van der Waals surface area contributed by atoms with Gasteiger partial charge in [-0.1, -0.05) is 6.42 Å². The Morgan fingerprint density at radius 3 is 2.61 bits per heavy atom. The third kappa shape index (κ3) is 4.85. The lowest BCUT2D eigenvalue weighted by atomic mass is 9.81. The van der Waals surface area contributed by atoms with Crippen molar-refractivity contribution in [2.45, 2.75) is 69.2 Å². The number of hydrogen-bond acceptors (Lipinski definition) is 8. The van der Waals surface area contributed by atoms with E-state index < -0.39 is 6.16 Å². The summed E-state index contributed by atoms with van der Waals surface area (Å²) >= 11 is 0. The van der Waals surface area contributed by atoms with Gasteiger partial charge in [-0.25, -0.2) is 19.6 Å². The summed E-state index contributed by atoms with van der Waals surface area (Å²) in [4.78, 5) is 38.8. The zero-order valence-corrected chi connectivity index (χ0v) is 18.9. The van der Waals surface area contributed by atoms with Crippen LogP contribution in [0.2, 0.25) is 0 Å². The average molecular weight is 460 g/mol. The van der Waals surface area contributed by atoms with Gasteiger partial charge in [0.15, 0.2) is 0 Å². The van der Waals surface area contributed by atoms with E-state index in [1.807, 2.05) is 6.07 Å². The fourth-order valence-corrected chi connectivity index (χ4v) is 6.16. The maximum atomic E-state index is 13.0. The summed E-state index contributed by atoms with van der Waals surface area (Å²) in [6.07, 6.45) is 8.24. The van der Waals surface area contributed by atoms with Gasteiger partial charge in [-0.3, -0.25) is 4.90 Å². The van der Waals surface area contributed by atoms with Crippen molar-refractivity contribution >= 4 is 18.1 Å². The predicted octanol–water partition coefficient (Wildman–Crippen LogP) is 2.59. The standard InChI is InChI=1S/C23H33N5O5/c29-22-28(17-5-12-27(13-6-17)20-4-9-24-15-25-20)19-3-1-2-16(21(19)33-22)14-26-10-7-18(8-11-26)32-23(30)31/h4,9,15-19,21H,1-3,5-8,10-14H2,(H,30,31). The number of fused-ring (bicyclic) bond motifs is 1. The van der Waals surface area contributed by atoms with Crippen LogP contribution in [-0.4, -0.2) is 94.1 Å². The number of amides is 1. The number of carbonyl (C=O) groups excluding carboxylic acids is 1. The lowest BCUT2D eigenvalue weighted by Crippen LogP contribution is -2.52. The fourth-order valence-electron chi connectivity index (χ4n) is 6.16. The minimum absolute atomic E-state index is 0.0425. The first-order chi connectivity index (χ1) is 16.1. The molecule has 0 bridgehead atoms. The van der Waals surface area contributed by atoms with Crippen molar-refractivity contribution in [1.29, 1.82) is 0 Å². The number of piperidine rings is 2. The molecule has 1 aromatic heterocycles. The zero-order valence-electron chi connectivity index (χ0n) is 18.9. The van der Waals surface area contributed by atoms with Gasteiger partial charge in [-0.05, 0) is 44.6 Å². The highest BCUT2D eigenvalue weighted by Gasteiger charge is 2.50. The third-order valence-corrected chi connectivity index (χ3v) is 7.77. The van der Waals surface area contributed by atoms with Crippen molar-refractivity contribution in [2.24, 2.45) is 5.92 Å². The Kier molecular flexibility index (Phi) is 6.52. The monoisotopic (exact) mass is 459 g/mol. The van der Waals surface area contributed by atoms with Crippen molar-refractivity contribution in [3.8, 4) is 0 Å². The summed E-state index contributed by atoms with van der Waals surface area (Å²) in [5.74, 6) is 1.27. The quantitative estimate of drug-likeness (QED) is 0.665. The molecule has 1 aliphatic carbocycles. The number of rotatable bonds is 5. The van der Waals surface area contributed by atoms with Gasteiger partial charge < -0.3 is 24.4 Å². The van der Waals surface area contributed by atoms with Crippen molar-refractivity contribution in [3.63, 3.8) is 0 Å². The van der Waals surface area contributed by atoms with Gasteiger partial charge in [0.05, 0.1) is 6.04 Å². The molecule has 1 N–H and O–H groups in total. The zero-order chi connectivity index (χ0) is 22.8. The highest BCUT2D eigenvalue weighted by molar-refractivity contribution is 5.71. The first-order valence-corrected chi connectivity index (χ1v) is 12.2. The van der Waals surface area contributed by atoms with Crippen molar-refractivity contribution < 1.29 is 24.2 Å². The number of carbonyl (C=O) groups is 2. The minimum Gasteiger partial charge on any atom is -0.450 e. The Hall–Kier alpha value is -2.62. The van der Waals surface area contributed by atoms with E-state index in [-0.39, 0.29) is 30.4 Å². The van der Waals surface area contributed by atoms with Gasteiger partial charge in [0, 0.05) is 50.9 Å². The molecule has 10 heteroatoms. The number of hydrogen-bond donors (Lipinski definition) is 1. The van der Waals surface area contributed by atoms with E-state index >= 15 is 0 Å². The maximum Gasteiger partial charge on any atom is 0.506 e. The summed E-state index contributed by atoms with van der Waals surface area (Å²) < 4.78 is 10.9. The topological polar surface area (TPSA) is 108 Å². The van der Waals surface area contributed by atoms with Crippen LogP contribution in [0.1, 0.15) is 44.9 Å². The van der Waals surface area contributed by atoms with E-state index in [1.165, 1.54) is 0 Å². The Bertz CT molecular complexity index is 826. The van der Waals surface area contributed by atoms with Gasteiger partial charge in [0.25, 0.3) is 0 Å². The maximum absolute atomic E-state index is 13.0. The van der Waals surface area contributed by atoms with Crippen LogP contribution in [0.15, 0.2) is 18.6 Å². The van der Waals surface area contributed by atoms with Crippen LogP contribution >= 0.6 is 0 Å². The SMILES string of the molecule is O=C(O)OC1CCN(CC2CCCC3C2OC(=O)N3C2CCN(c3ccncn3)CC2)CC1. The molecule has 1 saturated carbocycles. The van der Waals surface area contributed by atoms with Crippen LogP contribution in [0.25, 0.3) is 0 Å². The third-order valence-electron chi connectivity index (χ3n) is 7.77. The number of ether oxygens (including phenoxy) is 2. The second kappa shape index (κ2) is 9.70. The van der Waals surface area contributed by atoms with Gasteiger partial charge in [-0.15, -0.1) is 0 Å². The molecule has 0 radical (unpaired) electrons. The van der Waals surface area contributed by atoms with Crippen LogP contribution in [-0.2, 0) is 9.47 Å². The molecule has 3 aliphatic heterocycles. The first-order valence-electron chi connectivity index (χ1n) is 12.2. The van der Waals surface area contributed by atoms with Gasteiger partial charge in [-0.2, -0.15) is 0 Å². The van der Waals surface area contributed by atoms with Crippen molar-refractivity contribution in [3.05, 3.63) is 18.6 Å². The van der Waals surface area contributed by atoms with Crippen LogP contribution in [0.5, 0.6) is 0 Å². The Balaban J connectivity index is 1.16. The Morgan fingerprint density at radius 2 is 1.91 bits per heavy atom. The number of anilines is 1. The molecule has 4 fully saturated rings. The molecule has 1 amide bonds. The number of carboxylic acid groups (broad SMARTS) is 1. The van der Waals surface area contributed by atoms with E-state index in [1.54, 1.807) is 12.5 Å². The molecule has 0 aromatic carbocycles. The summed E-state index contributed by atoms with van der Waals surface area (Å²) in [6.45, 7) is 4.30. The molecule has 5 rings (SSSR count). The number of aromatic nitrogens is 2. The minimum atomic E-state index is -1.19. The van der Waals surface area contributed by atoms with Crippen molar-refractivity contribution in [1.82, 2.24) is 19.8 Å². The second-order valence-corrected chi connectivity index (χ2v) is 9.68. The molecule has 180 valence electrons. The molecule has 10 nitrogen and oxygen atoms in total. The molecule has 3 atom stereocenters. The van der Waals surface area contributed by atoms with Crippen LogP contribution < -0.4 is 4.90 Å². The van der Waals surface area contributed by atoms with Gasteiger partial charge in [0.1, 0.15) is 24.4 Å². The molecule has 4 heterocycles. The molecule has 3 saturated heterocycles. The lowest BCUT2D eigenvalue weighted by Gasteiger charge is -2.42. The molecule has 4 aliphatic rings. The van der Waals surface area contributed by atoms with Crippen molar-refractivity contribution in [2.75, 3.05) is 37.6 Å². The van der Waals surface area contributed by atoms with E-state index in [0.29, 0.717) is 5.92 Å². The number of nitrogens with zero attached hydrogens (tertiary/aromatic N) is 5. The molecular weight excluding hydrogens is 426 g/mol. The summed E-state index contributed by atoms with van der Waals surface area (Å²) in [5.41, 5.74) is 0.